The van der Waals surface area contributed by atoms with Gasteiger partial charge in [0.05, 0.1) is 5.92 Å². The van der Waals surface area contributed by atoms with Crippen LogP contribution in [0.15, 0.2) is 17.5 Å². The maximum atomic E-state index is 11.8. The molecule has 1 fully saturated rings. The van der Waals surface area contributed by atoms with Crippen molar-refractivity contribution in [3.63, 3.8) is 0 Å². The van der Waals surface area contributed by atoms with Gasteiger partial charge in [0.25, 0.3) is 0 Å². The summed E-state index contributed by atoms with van der Waals surface area (Å²) in [7, 11) is 0. The second-order valence-electron chi connectivity index (χ2n) is 4.67. The number of aliphatic carboxylic acids is 1. The lowest BCUT2D eigenvalue weighted by Gasteiger charge is -2.10. The molecule has 0 spiro atoms. The minimum absolute atomic E-state index is 0.00954. The highest BCUT2D eigenvalue weighted by molar-refractivity contribution is 7.09. The van der Waals surface area contributed by atoms with Gasteiger partial charge < -0.3 is 10.4 Å². The maximum absolute atomic E-state index is 11.8. The number of carboxylic acid groups (broad SMARTS) is 1. The molecule has 0 bridgehead atoms. The highest BCUT2D eigenvalue weighted by atomic mass is 32.1. The summed E-state index contributed by atoms with van der Waals surface area (Å²) in [6, 6.07) is 4.04. The van der Waals surface area contributed by atoms with Gasteiger partial charge in [-0.3, -0.25) is 9.59 Å². The van der Waals surface area contributed by atoms with E-state index in [1.807, 2.05) is 17.5 Å². The Balaban J connectivity index is 1.71. The summed E-state index contributed by atoms with van der Waals surface area (Å²) in [5.41, 5.74) is 0. The SMILES string of the molecule is O=C(O)[C@H]1CC[C@@H](C(=O)NCCc2cccs2)C1. The van der Waals surface area contributed by atoms with Crippen molar-refractivity contribution in [3.05, 3.63) is 22.4 Å². The van der Waals surface area contributed by atoms with Gasteiger partial charge in [0.2, 0.25) is 5.91 Å². The van der Waals surface area contributed by atoms with E-state index < -0.39 is 5.97 Å². The summed E-state index contributed by atoms with van der Waals surface area (Å²) >= 11 is 1.68. The van der Waals surface area contributed by atoms with Gasteiger partial charge in [-0.25, -0.2) is 0 Å². The summed E-state index contributed by atoms with van der Waals surface area (Å²) < 4.78 is 0. The average molecular weight is 267 g/mol. The second-order valence-corrected chi connectivity index (χ2v) is 5.70. The first-order valence-electron chi connectivity index (χ1n) is 6.19. The van der Waals surface area contributed by atoms with E-state index in [0.29, 0.717) is 25.8 Å². The van der Waals surface area contributed by atoms with Crippen LogP contribution in [0.5, 0.6) is 0 Å². The molecule has 18 heavy (non-hydrogen) atoms. The van der Waals surface area contributed by atoms with E-state index in [1.54, 1.807) is 11.3 Å². The Bertz CT molecular complexity index is 416. The van der Waals surface area contributed by atoms with Crippen LogP contribution in [-0.4, -0.2) is 23.5 Å². The fourth-order valence-electron chi connectivity index (χ4n) is 2.35. The molecule has 5 heteroatoms. The lowest BCUT2D eigenvalue weighted by atomic mass is 10.0. The van der Waals surface area contributed by atoms with E-state index in [4.69, 9.17) is 5.11 Å². The molecule has 1 aromatic heterocycles. The quantitative estimate of drug-likeness (QED) is 0.856. The zero-order valence-electron chi connectivity index (χ0n) is 10.1. The molecule has 0 saturated heterocycles. The zero-order chi connectivity index (χ0) is 13.0. The molecular formula is C13H17NO3S. The molecule has 0 aliphatic heterocycles. The molecule has 0 unspecified atom stereocenters. The van der Waals surface area contributed by atoms with Gasteiger partial charge in [0.15, 0.2) is 0 Å². The van der Waals surface area contributed by atoms with E-state index in [1.165, 1.54) is 4.88 Å². The van der Waals surface area contributed by atoms with Crippen LogP contribution in [0.3, 0.4) is 0 Å². The van der Waals surface area contributed by atoms with E-state index in [-0.39, 0.29) is 17.7 Å². The first-order chi connectivity index (χ1) is 8.66. The van der Waals surface area contributed by atoms with Gasteiger partial charge in [0.1, 0.15) is 0 Å². The van der Waals surface area contributed by atoms with Crippen molar-refractivity contribution in [2.75, 3.05) is 6.54 Å². The Labute approximate surface area is 110 Å². The predicted octanol–water partition coefficient (Wildman–Crippen LogP) is 1.91. The molecule has 1 aromatic rings. The Kier molecular flexibility index (Phi) is 4.36. The molecule has 0 radical (unpaired) electrons. The van der Waals surface area contributed by atoms with Crippen molar-refractivity contribution in [2.24, 2.45) is 11.8 Å². The number of rotatable bonds is 5. The van der Waals surface area contributed by atoms with Gasteiger partial charge in [0, 0.05) is 17.3 Å². The summed E-state index contributed by atoms with van der Waals surface area (Å²) in [5, 5.41) is 13.8. The standard InChI is InChI=1S/C13H17NO3S/c15-12(9-3-4-10(8-9)13(16)17)14-6-5-11-2-1-7-18-11/h1-2,7,9-10H,3-6,8H2,(H,14,15)(H,16,17)/t9-,10+/m1/s1. The third-order valence-corrected chi connectivity index (χ3v) is 4.34. The molecule has 98 valence electrons. The lowest BCUT2D eigenvalue weighted by Crippen LogP contribution is -2.31. The molecule has 1 heterocycles. The van der Waals surface area contributed by atoms with Crippen LogP contribution in [0, 0.1) is 11.8 Å². The van der Waals surface area contributed by atoms with Gasteiger partial charge >= 0.3 is 5.97 Å². The van der Waals surface area contributed by atoms with Crippen molar-refractivity contribution in [1.29, 1.82) is 0 Å². The van der Waals surface area contributed by atoms with E-state index in [9.17, 15) is 9.59 Å². The summed E-state index contributed by atoms with van der Waals surface area (Å²) in [6.07, 6.45) is 2.65. The topological polar surface area (TPSA) is 66.4 Å². The molecule has 1 saturated carbocycles. The number of hydrogen-bond acceptors (Lipinski definition) is 3. The Morgan fingerprint density at radius 3 is 2.78 bits per heavy atom. The number of carbonyl (C=O) groups is 2. The van der Waals surface area contributed by atoms with Gasteiger partial charge in [-0.1, -0.05) is 6.07 Å². The first kappa shape index (κ1) is 13.1. The van der Waals surface area contributed by atoms with Crippen molar-refractivity contribution in [3.8, 4) is 0 Å². The Morgan fingerprint density at radius 2 is 2.17 bits per heavy atom. The van der Waals surface area contributed by atoms with E-state index in [2.05, 4.69) is 5.32 Å². The predicted molar refractivity (Wildman–Crippen MR) is 69.5 cm³/mol. The van der Waals surface area contributed by atoms with Crippen LogP contribution >= 0.6 is 11.3 Å². The van der Waals surface area contributed by atoms with Crippen molar-refractivity contribution >= 4 is 23.2 Å². The van der Waals surface area contributed by atoms with Gasteiger partial charge in [-0.15, -0.1) is 11.3 Å². The molecule has 1 aliphatic rings. The van der Waals surface area contributed by atoms with Crippen LogP contribution in [0.25, 0.3) is 0 Å². The van der Waals surface area contributed by atoms with Crippen molar-refractivity contribution < 1.29 is 14.7 Å². The minimum atomic E-state index is -0.774. The fourth-order valence-corrected chi connectivity index (χ4v) is 3.06. The molecule has 0 aromatic carbocycles. The van der Waals surface area contributed by atoms with Crippen molar-refractivity contribution in [1.82, 2.24) is 5.32 Å². The van der Waals surface area contributed by atoms with Crippen LogP contribution in [0.4, 0.5) is 0 Å². The number of hydrogen-bond donors (Lipinski definition) is 2. The second kappa shape index (κ2) is 6.00. The molecule has 1 amide bonds. The molecule has 2 N–H and O–H groups in total. The number of thiophene rings is 1. The minimum Gasteiger partial charge on any atom is -0.481 e. The van der Waals surface area contributed by atoms with Crippen LogP contribution < -0.4 is 5.32 Å². The largest absolute Gasteiger partial charge is 0.481 e. The Hall–Kier alpha value is -1.36. The lowest BCUT2D eigenvalue weighted by molar-refractivity contribution is -0.141. The molecular weight excluding hydrogens is 250 g/mol. The third kappa shape index (κ3) is 3.32. The molecule has 2 atom stereocenters. The highest BCUT2D eigenvalue weighted by Gasteiger charge is 2.33. The van der Waals surface area contributed by atoms with Crippen LogP contribution in [0.1, 0.15) is 24.1 Å². The normalized spacial score (nSPS) is 22.9. The third-order valence-electron chi connectivity index (χ3n) is 3.40. The molecule has 2 rings (SSSR count). The Morgan fingerprint density at radius 1 is 1.39 bits per heavy atom. The zero-order valence-corrected chi connectivity index (χ0v) is 10.9. The fraction of sp³-hybridized carbons (Fsp3) is 0.538. The number of carboxylic acids is 1. The highest BCUT2D eigenvalue weighted by Crippen LogP contribution is 2.31. The van der Waals surface area contributed by atoms with E-state index >= 15 is 0 Å². The van der Waals surface area contributed by atoms with Crippen molar-refractivity contribution in [2.45, 2.75) is 25.7 Å². The average Bonchev–Trinajstić information content (AvgIpc) is 2.99. The summed E-state index contributed by atoms with van der Waals surface area (Å²) in [5.74, 6) is -1.22. The number of amides is 1. The van der Waals surface area contributed by atoms with Gasteiger partial charge in [-0.2, -0.15) is 0 Å². The number of nitrogens with one attached hydrogen (secondary N) is 1. The van der Waals surface area contributed by atoms with Gasteiger partial charge in [-0.05, 0) is 37.1 Å². The van der Waals surface area contributed by atoms with E-state index in [0.717, 1.165) is 6.42 Å². The summed E-state index contributed by atoms with van der Waals surface area (Å²) in [6.45, 7) is 0.633. The number of carbonyl (C=O) groups excluding carboxylic acids is 1. The van der Waals surface area contributed by atoms with Crippen LogP contribution in [0.2, 0.25) is 0 Å². The molecule has 1 aliphatic carbocycles. The molecule has 4 nitrogen and oxygen atoms in total. The smallest absolute Gasteiger partial charge is 0.306 e. The first-order valence-corrected chi connectivity index (χ1v) is 7.07. The monoisotopic (exact) mass is 267 g/mol. The maximum Gasteiger partial charge on any atom is 0.306 e. The van der Waals surface area contributed by atoms with Crippen LogP contribution in [-0.2, 0) is 16.0 Å². The summed E-state index contributed by atoms with van der Waals surface area (Å²) in [4.78, 5) is 23.9.